The summed E-state index contributed by atoms with van der Waals surface area (Å²) in [6.07, 6.45) is 3.56. The van der Waals surface area contributed by atoms with Gasteiger partial charge in [0.1, 0.15) is 0 Å². The summed E-state index contributed by atoms with van der Waals surface area (Å²) < 4.78 is 4.99. The van der Waals surface area contributed by atoms with Crippen LogP contribution in [0.4, 0.5) is 0 Å². The number of hydrogen-bond donors (Lipinski definition) is 1. The Balaban J connectivity index is 1.59. The van der Waals surface area contributed by atoms with Gasteiger partial charge in [-0.2, -0.15) is 0 Å². The highest BCUT2D eigenvalue weighted by molar-refractivity contribution is 5.65. The third-order valence-corrected chi connectivity index (χ3v) is 3.76. The Morgan fingerprint density at radius 2 is 2.06 bits per heavy atom. The van der Waals surface area contributed by atoms with Gasteiger partial charge in [0, 0.05) is 26.1 Å². The molecule has 2 aliphatic heterocycles. The van der Waals surface area contributed by atoms with Crippen molar-refractivity contribution in [2.24, 2.45) is 5.92 Å². The highest BCUT2D eigenvalue weighted by Crippen LogP contribution is 2.22. The van der Waals surface area contributed by atoms with Crippen LogP contribution in [0.2, 0.25) is 0 Å². The van der Waals surface area contributed by atoms with Crippen molar-refractivity contribution in [1.82, 2.24) is 10.2 Å². The number of carbonyl (C=O) groups excluding carboxylic acids is 1. The molecule has 2 rings (SSSR count). The first-order valence-electron chi connectivity index (χ1n) is 6.34. The number of ether oxygens (including phenoxy) is 1. The van der Waals surface area contributed by atoms with E-state index in [1.165, 1.54) is 32.9 Å². The van der Waals surface area contributed by atoms with E-state index in [0.29, 0.717) is 6.61 Å². The highest BCUT2D eigenvalue weighted by Gasteiger charge is 2.28. The van der Waals surface area contributed by atoms with Crippen molar-refractivity contribution in [2.45, 2.75) is 32.2 Å². The molecule has 0 bridgehead atoms. The lowest BCUT2D eigenvalue weighted by molar-refractivity contribution is -0.141. The lowest BCUT2D eigenvalue weighted by Gasteiger charge is -2.42. The second kappa shape index (κ2) is 5.64. The zero-order chi connectivity index (χ0) is 11.4. The summed E-state index contributed by atoms with van der Waals surface area (Å²) in [4.78, 5) is 13.2. The standard InChI is InChI=1S/C12H22N2O2/c1-10(15)16-7-4-11-2-5-14(6-3-11)12-8-13-9-12/h11-13H,2-9H2,1H3. The molecule has 2 heterocycles. The Labute approximate surface area is 97.3 Å². The minimum atomic E-state index is -0.155. The van der Waals surface area contributed by atoms with Crippen molar-refractivity contribution < 1.29 is 9.53 Å². The van der Waals surface area contributed by atoms with Crippen molar-refractivity contribution >= 4 is 5.97 Å². The molecular formula is C12H22N2O2. The van der Waals surface area contributed by atoms with Crippen LogP contribution in [-0.4, -0.2) is 49.7 Å². The van der Waals surface area contributed by atoms with Gasteiger partial charge in [-0.15, -0.1) is 0 Å². The molecule has 4 heteroatoms. The van der Waals surface area contributed by atoms with Gasteiger partial charge in [0.15, 0.2) is 0 Å². The zero-order valence-corrected chi connectivity index (χ0v) is 10.1. The third kappa shape index (κ3) is 3.19. The zero-order valence-electron chi connectivity index (χ0n) is 10.1. The summed E-state index contributed by atoms with van der Waals surface area (Å²) in [5.41, 5.74) is 0. The molecule has 0 aromatic rings. The molecule has 0 aliphatic carbocycles. The maximum Gasteiger partial charge on any atom is 0.302 e. The Morgan fingerprint density at radius 3 is 2.56 bits per heavy atom. The predicted octanol–water partition coefficient (Wildman–Crippen LogP) is 0.623. The first kappa shape index (κ1) is 11.9. The minimum absolute atomic E-state index is 0.155. The first-order chi connectivity index (χ1) is 7.75. The fraction of sp³-hybridized carbons (Fsp3) is 0.917. The average molecular weight is 226 g/mol. The van der Waals surface area contributed by atoms with Crippen LogP contribution in [0.15, 0.2) is 0 Å². The fourth-order valence-corrected chi connectivity index (χ4v) is 2.51. The summed E-state index contributed by atoms with van der Waals surface area (Å²) in [7, 11) is 0. The lowest BCUT2D eigenvalue weighted by Crippen LogP contribution is -2.58. The van der Waals surface area contributed by atoms with Gasteiger partial charge in [0.25, 0.3) is 0 Å². The van der Waals surface area contributed by atoms with Crippen LogP contribution in [0.5, 0.6) is 0 Å². The molecular weight excluding hydrogens is 204 g/mol. The normalized spacial score (nSPS) is 24.1. The summed E-state index contributed by atoms with van der Waals surface area (Å²) in [5, 5.41) is 3.32. The predicted molar refractivity (Wildman–Crippen MR) is 62.2 cm³/mol. The molecule has 0 aromatic heterocycles. The number of likely N-dealkylation sites (tertiary alicyclic amines) is 1. The lowest BCUT2D eigenvalue weighted by atomic mass is 9.92. The van der Waals surface area contributed by atoms with Crippen molar-refractivity contribution in [1.29, 1.82) is 0 Å². The fourth-order valence-electron chi connectivity index (χ4n) is 2.51. The van der Waals surface area contributed by atoms with Crippen LogP contribution < -0.4 is 5.32 Å². The Kier molecular flexibility index (Phi) is 4.18. The van der Waals surface area contributed by atoms with E-state index >= 15 is 0 Å². The summed E-state index contributed by atoms with van der Waals surface area (Å²) >= 11 is 0. The monoisotopic (exact) mass is 226 g/mol. The number of hydrogen-bond acceptors (Lipinski definition) is 4. The van der Waals surface area contributed by atoms with Crippen molar-refractivity contribution in [3.8, 4) is 0 Å². The second-order valence-electron chi connectivity index (χ2n) is 4.92. The maximum atomic E-state index is 10.6. The molecule has 0 amide bonds. The molecule has 4 nitrogen and oxygen atoms in total. The van der Waals surface area contributed by atoms with E-state index in [1.54, 1.807) is 0 Å². The van der Waals surface area contributed by atoms with E-state index in [9.17, 15) is 4.79 Å². The van der Waals surface area contributed by atoms with Gasteiger partial charge in [0.2, 0.25) is 0 Å². The smallest absolute Gasteiger partial charge is 0.302 e. The quantitative estimate of drug-likeness (QED) is 0.714. The number of carbonyl (C=O) groups is 1. The molecule has 0 aromatic carbocycles. The van der Waals surface area contributed by atoms with Gasteiger partial charge in [-0.3, -0.25) is 9.69 Å². The SMILES string of the molecule is CC(=O)OCCC1CCN(C2CNC2)CC1. The number of esters is 1. The van der Waals surface area contributed by atoms with Gasteiger partial charge >= 0.3 is 5.97 Å². The van der Waals surface area contributed by atoms with Gasteiger partial charge in [-0.1, -0.05) is 0 Å². The number of nitrogens with zero attached hydrogens (tertiary/aromatic N) is 1. The topological polar surface area (TPSA) is 41.6 Å². The number of nitrogens with one attached hydrogen (secondary N) is 1. The van der Waals surface area contributed by atoms with Gasteiger partial charge in [-0.05, 0) is 38.3 Å². The summed E-state index contributed by atoms with van der Waals surface area (Å²) in [5.74, 6) is 0.599. The highest BCUT2D eigenvalue weighted by atomic mass is 16.5. The summed E-state index contributed by atoms with van der Waals surface area (Å²) in [6.45, 7) is 6.85. The molecule has 0 atom stereocenters. The van der Waals surface area contributed by atoms with Crippen LogP contribution in [0.1, 0.15) is 26.2 Å². The minimum Gasteiger partial charge on any atom is -0.466 e. The molecule has 0 radical (unpaired) electrons. The molecule has 2 fully saturated rings. The van der Waals surface area contributed by atoms with E-state index in [-0.39, 0.29) is 5.97 Å². The third-order valence-electron chi connectivity index (χ3n) is 3.76. The van der Waals surface area contributed by atoms with Gasteiger partial charge < -0.3 is 10.1 Å². The van der Waals surface area contributed by atoms with Gasteiger partial charge in [0.05, 0.1) is 6.61 Å². The number of piperidine rings is 1. The van der Waals surface area contributed by atoms with Crippen LogP contribution in [0, 0.1) is 5.92 Å². The van der Waals surface area contributed by atoms with Crippen LogP contribution in [0.3, 0.4) is 0 Å². The molecule has 1 N–H and O–H groups in total. The first-order valence-corrected chi connectivity index (χ1v) is 6.34. The molecule has 16 heavy (non-hydrogen) atoms. The van der Waals surface area contributed by atoms with E-state index in [2.05, 4.69) is 10.2 Å². The molecule has 2 saturated heterocycles. The van der Waals surface area contributed by atoms with Crippen LogP contribution >= 0.6 is 0 Å². The Bertz CT molecular complexity index is 233. The maximum absolute atomic E-state index is 10.6. The summed E-state index contributed by atoms with van der Waals surface area (Å²) in [6, 6.07) is 0.786. The van der Waals surface area contributed by atoms with Crippen molar-refractivity contribution in [3.05, 3.63) is 0 Å². The largest absolute Gasteiger partial charge is 0.466 e. The molecule has 92 valence electrons. The molecule has 0 spiro atoms. The van der Waals surface area contributed by atoms with Gasteiger partial charge in [-0.25, -0.2) is 0 Å². The number of rotatable bonds is 4. The van der Waals surface area contributed by atoms with E-state index in [4.69, 9.17) is 4.74 Å². The second-order valence-corrected chi connectivity index (χ2v) is 4.92. The Morgan fingerprint density at radius 1 is 1.38 bits per heavy atom. The van der Waals surface area contributed by atoms with E-state index in [1.807, 2.05) is 0 Å². The van der Waals surface area contributed by atoms with Crippen molar-refractivity contribution in [3.63, 3.8) is 0 Å². The van der Waals surface area contributed by atoms with Crippen LogP contribution in [-0.2, 0) is 9.53 Å². The Hall–Kier alpha value is -0.610. The van der Waals surface area contributed by atoms with E-state index in [0.717, 1.165) is 31.5 Å². The average Bonchev–Trinajstić information content (AvgIpc) is 2.17. The van der Waals surface area contributed by atoms with E-state index < -0.39 is 0 Å². The molecule has 0 saturated carbocycles. The molecule has 0 unspecified atom stereocenters. The van der Waals surface area contributed by atoms with Crippen molar-refractivity contribution in [2.75, 3.05) is 32.8 Å². The molecule has 2 aliphatic rings. The van der Waals surface area contributed by atoms with Crippen LogP contribution in [0.25, 0.3) is 0 Å².